The van der Waals surface area contributed by atoms with E-state index in [0.717, 1.165) is 5.75 Å². The van der Waals surface area contributed by atoms with Crippen LogP contribution in [0.2, 0.25) is 0 Å². The van der Waals surface area contributed by atoms with Gasteiger partial charge >= 0.3 is 0 Å². The van der Waals surface area contributed by atoms with Gasteiger partial charge in [-0.3, -0.25) is 0 Å². The van der Waals surface area contributed by atoms with E-state index in [9.17, 15) is 0 Å². The quantitative estimate of drug-likeness (QED) is 0.804. The fraction of sp³-hybridized carbons (Fsp3) is 0.333. The molecule has 0 fully saturated rings. The Balaban J connectivity index is 1.94. The Labute approximate surface area is 117 Å². The molecule has 1 unspecified atom stereocenters. The van der Waals surface area contributed by atoms with Crippen LogP contribution < -0.4 is 5.73 Å². The average Bonchev–Trinajstić information content (AvgIpc) is 2.89. The fourth-order valence-electron chi connectivity index (χ4n) is 1.74. The van der Waals surface area contributed by atoms with Crippen molar-refractivity contribution in [2.45, 2.75) is 30.0 Å². The highest BCUT2D eigenvalue weighted by Gasteiger charge is 2.08. The number of benzene rings is 1. The molecule has 0 saturated heterocycles. The molecule has 1 aromatic carbocycles. The number of hydrogen-bond donors (Lipinski definition) is 1. The van der Waals surface area contributed by atoms with Crippen LogP contribution in [0.15, 0.2) is 46.0 Å². The second-order valence-electron chi connectivity index (χ2n) is 4.67. The highest BCUT2D eigenvalue weighted by Crippen LogP contribution is 2.27. The first-order chi connectivity index (χ1) is 8.66. The maximum atomic E-state index is 6.22. The van der Waals surface area contributed by atoms with E-state index in [1.807, 2.05) is 11.8 Å². The van der Waals surface area contributed by atoms with Gasteiger partial charge in [0, 0.05) is 11.8 Å². The summed E-state index contributed by atoms with van der Waals surface area (Å²) in [6.07, 6.45) is 0. The lowest BCUT2D eigenvalue weighted by molar-refractivity contribution is 0.822. The summed E-state index contributed by atoms with van der Waals surface area (Å²) in [5, 5.41) is 2.10. The van der Waals surface area contributed by atoms with E-state index in [4.69, 9.17) is 5.73 Å². The fourth-order valence-corrected chi connectivity index (χ4v) is 3.54. The molecular formula is C15H19NS2. The highest BCUT2D eigenvalue weighted by atomic mass is 32.2. The normalized spacial score (nSPS) is 12.9. The van der Waals surface area contributed by atoms with Crippen LogP contribution in [0, 0.1) is 0 Å². The van der Waals surface area contributed by atoms with Crippen molar-refractivity contribution in [1.82, 2.24) is 0 Å². The van der Waals surface area contributed by atoms with Crippen molar-refractivity contribution in [2.24, 2.45) is 5.73 Å². The number of nitrogens with two attached hydrogens (primary N) is 1. The summed E-state index contributed by atoms with van der Waals surface area (Å²) in [6.45, 7) is 4.42. The standard InChI is InChI=1S/C15H19NS2/c1-11(2)12-5-7-13(8-6-12)14(16)10-18-15-4-3-9-17-15/h3-9,11,14H,10,16H2,1-2H3. The molecule has 18 heavy (non-hydrogen) atoms. The highest BCUT2D eigenvalue weighted by molar-refractivity contribution is 8.01. The van der Waals surface area contributed by atoms with Gasteiger partial charge in [0.15, 0.2) is 0 Å². The zero-order valence-electron chi connectivity index (χ0n) is 10.8. The van der Waals surface area contributed by atoms with Gasteiger partial charge in [-0.15, -0.1) is 23.1 Å². The van der Waals surface area contributed by atoms with Crippen molar-refractivity contribution in [2.75, 3.05) is 5.75 Å². The molecule has 1 nitrogen and oxygen atoms in total. The molecule has 0 radical (unpaired) electrons. The molecule has 0 aliphatic heterocycles. The molecule has 0 aliphatic carbocycles. The van der Waals surface area contributed by atoms with E-state index in [-0.39, 0.29) is 6.04 Å². The van der Waals surface area contributed by atoms with Crippen molar-refractivity contribution >= 4 is 23.1 Å². The molecule has 1 atom stereocenters. The SMILES string of the molecule is CC(C)c1ccc(C(N)CSc2cccs2)cc1. The Hall–Kier alpha value is -0.770. The van der Waals surface area contributed by atoms with E-state index in [2.05, 4.69) is 55.6 Å². The summed E-state index contributed by atoms with van der Waals surface area (Å²) >= 11 is 3.61. The van der Waals surface area contributed by atoms with Crippen LogP contribution in [0.1, 0.15) is 36.9 Å². The number of hydrogen-bond acceptors (Lipinski definition) is 3. The third-order valence-corrected chi connectivity index (χ3v) is 5.18. The first-order valence-electron chi connectivity index (χ1n) is 6.18. The minimum Gasteiger partial charge on any atom is -0.323 e. The maximum absolute atomic E-state index is 6.22. The van der Waals surface area contributed by atoms with Crippen LogP contribution >= 0.6 is 23.1 Å². The predicted molar refractivity (Wildman–Crippen MR) is 82.5 cm³/mol. The molecule has 1 heterocycles. The van der Waals surface area contributed by atoms with Crippen LogP contribution in [-0.4, -0.2) is 5.75 Å². The number of thioether (sulfide) groups is 1. The first-order valence-corrected chi connectivity index (χ1v) is 8.05. The smallest absolute Gasteiger partial charge is 0.0599 e. The van der Waals surface area contributed by atoms with Crippen molar-refractivity contribution < 1.29 is 0 Å². The van der Waals surface area contributed by atoms with Crippen LogP contribution in [0.3, 0.4) is 0 Å². The van der Waals surface area contributed by atoms with Crippen molar-refractivity contribution in [3.8, 4) is 0 Å². The van der Waals surface area contributed by atoms with E-state index in [1.54, 1.807) is 11.3 Å². The number of thiophene rings is 1. The van der Waals surface area contributed by atoms with E-state index in [1.165, 1.54) is 15.3 Å². The lowest BCUT2D eigenvalue weighted by Crippen LogP contribution is -2.12. The third kappa shape index (κ3) is 3.61. The van der Waals surface area contributed by atoms with Crippen LogP contribution in [-0.2, 0) is 0 Å². The topological polar surface area (TPSA) is 26.0 Å². The zero-order chi connectivity index (χ0) is 13.0. The molecule has 96 valence electrons. The van der Waals surface area contributed by atoms with Crippen molar-refractivity contribution in [3.05, 3.63) is 52.9 Å². The average molecular weight is 277 g/mol. The summed E-state index contributed by atoms with van der Waals surface area (Å²) in [5.74, 6) is 1.51. The van der Waals surface area contributed by atoms with Crippen molar-refractivity contribution in [3.63, 3.8) is 0 Å². The molecule has 0 bridgehead atoms. The third-order valence-electron chi connectivity index (χ3n) is 2.93. The van der Waals surface area contributed by atoms with E-state index < -0.39 is 0 Å². The van der Waals surface area contributed by atoms with Gasteiger partial charge in [-0.25, -0.2) is 0 Å². The van der Waals surface area contributed by atoms with Crippen molar-refractivity contribution in [1.29, 1.82) is 0 Å². The second-order valence-corrected chi connectivity index (χ2v) is 6.94. The molecule has 0 amide bonds. The minimum atomic E-state index is 0.110. The molecule has 2 aromatic rings. The predicted octanol–water partition coefficient (Wildman–Crippen LogP) is 4.66. The molecule has 2 rings (SSSR count). The largest absolute Gasteiger partial charge is 0.323 e. The van der Waals surface area contributed by atoms with Gasteiger partial charge in [-0.2, -0.15) is 0 Å². The van der Waals surface area contributed by atoms with Gasteiger partial charge < -0.3 is 5.73 Å². The van der Waals surface area contributed by atoms with Gasteiger partial charge in [0.2, 0.25) is 0 Å². The van der Waals surface area contributed by atoms with Gasteiger partial charge in [-0.05, 0) is 28.5 Å². The van der Waals surface area contributed by atoms with Crippen LogP contribution in [0.5, 0.6) is 0 Å². The summed E-state index contributed by atoms with van der Waals surface area (Å²) in [7, 11) is 0. The molecule has 0 spiro atoms. The van der Waals surface area contributed by atoms with Crippen LogP contribution in [0.4, 0.5) is 0 Å². The summed E-state index contributed by atoms with van der Waals surface area (Å²) in [4.78, 5) is 0. The number of rotatable bonds is 5. The van der Waals surface area contributed by atoms with E-state index >= 15 is 0 Å². The van der Waals surface area contributed by atoms with Gasteiger partial charge in [-0.1, -0.05) is 44.2 Å². The Morgan fingerprint density at radius 2 is 1.78 bits per heavy atom. The summed E-state index contributed by atoms with van der Waals surface area (Å²) < 4.78 is 1.34. The maximum Gasteiger partial charge on any atom is 0.0599 e. The zero-order valence-corrected chi connectivity index (χ0v) is 12.4. The Morgan fingerprint density at radius 1 is 1.11 bits per heavy atom. The molecule has 0 saturated carbocycles. The van der Waals surface area contributed by atoms with Gasteiger partial charge in [0.05, 0.1) is 4.21 Å². The van der Waals surface area contributed by atoms with Gasteiger partial charge in [0.25, 0.3) is 0 Å². The second kappa shape index (κ2) is 6.41. The molecule has 3 heteroatoms. The first kappa shape index (κ1) is 13.7. The van der Waals surface area contributed by atoms with E-state index in [0.29, 0.717) is 5.92 Å². The summed E-state index contributed by atoms with van der Waals surface area (Å²) in [6, 6.07) is 13.0. The molecule has 0 aliphatic rings. The monoisotopic (exact) mass is 277 g/mol. The Morgan fingerprint density at radius 3 is 2.33 bits per heavy atom. The lowest BCUT2D eigenvalue weighted by Gasteiger charge is -2.12. The van der Waals surface area contributed by atoms with Crippen LogP contribution in [0.25, 0.3) is 0 Å². The molecule has 1 aromatic heterocycles. The lowest BCUT2D eigenvalue weighted by atomic mass is 10.00. The Bertz CT molecular complexity index is 460. The minimum absolute atomic E-state index is 0.110. The van der Waals surface area contributed by atoms with Gasteiger partial charge in [0.1, 0.15) is 0 Å². The Kier molecular flexibility index (Phi) is 4.87. The summed E-state index contributed by atoms with van der Waals surface area (Å²) in [5.41, 5.74) is 8.82. The molecule has 2 N–H and O–H groups in total. The molecular weight excluding hydrogens is 258 g/mol.